The predicted octanol–water partition coefficient (Wildman–Crippen LogP) is 0.527. The van der Waals surface area contributed by atoms with Crippen molar-refractivity contribution in [3.8, 4) is 5.75 Å². The Morgan fingerprint density at radius 1 is 0.917 bits per heavy atom. The molecule has 2 amide bonds. The number of ether oxygens (including phenoxy) is 5. The van der Waals surface area contributed by atoms with Crippen molar-refractivity contribution in [1.82, 2.24) is 10.3 Å². The number of nitrogens with two attached hydrogens (primary N) is 1. The lowest BCUT2D eigenvalue weighted by molar-refractivity contribution is -0.122. The number of rotatable bonds is 20. The van der Waals surface area contributed by atoms with Gasteiger partial charge in [0.25, 0.3) is 0 Å². The highest BCUT2D eigenvalue weighted by atomic mass is 32.2. The van der Waals surface area contributed by atoms with Crippen LogP contribution in [0.1, 0.15) is 12.8 Å². The lowest BCUT2D eigenvalue weighted by atomic mass is 10.3. The Bertz CT molecular complexity index is 1060. The van der Waals surface area contributed by atoms with Gasteiger partial charge >= 0.3 is 0 Å². The Kier molecular flexibility index (Phi) is 13.6. The molecule has 0 unspecified atom stereocenters. The number of fused-ring (bicyclic) bond motifs is 1. The van der Waals surface area contributed by atoms with Crippen molar-refractivity contribution in [2.45, 2.75) is 17.2 Å². The van der Waals surface area contributed by atoms with Crippen LogP contribution < -0.4 is 15.8 Å². The van der Waals surface area contributed by atoms with Crippen LogP contribution in [0, 0.1) is 0 Å². The molecule has 2 rings (SSSR count). The first kappa shape index (κ1) is 29.9. The number of nitrogens with zero attached hydrogens (tertiary/aromatic N) is 1. The van der Waals surface area contributed by atoms with Gasteiger partial charge in [-0.05, 0) is 18.2 Å². The van der Waals surface area contributed by atoms with Gasteiger partial charge in [-0.2, -0.15) is 0 Å². The second kappa shape index (κ2) is 16.4. The van der Waals surface area contributed by atoms with Gasteiger partial charge in [0.05, 0.1) is 76.1 Å². The van der Waals surface area contributed by atoms with Crippen molar-refractivity contribution >= 4 is 43.2 Å². The minimum atomic E-state index is -3.36. The smallest absolute Gasteiger partial charge is 0.223 e. The Labute approximate surface area is 214 Å². The van der Waals surface area contributed by atoms with Crippen molar-refractivity contribution in [1.29, 1.82) is 0 Å². The maximum atomic E-state index is 11.9. The summed E-state index contributed by atoms with van der Waals surface area (Å²) in [5, 5.41) is 2.75. The highest BCUT2D eigenvalue weighted by Gasteiger charge is 2.14. The summed E-state index contributed by atoms with van der Waals surface area (Å²) in [6.07, 6.45) is 1.49. The Morgan fingerprint density at radius 3 is 2.14 bits per heavy atom. The standard InChI is InChI=1S/C22H33N3O9S2/c1-36(28,29)22-25-18-3-2-17(16-19(18)35-22)34-8-5-21(27)24-6-9-31-11-13-33-15-14-32-12-10-30-7-4-20(23)26/h2-3,16H,4-15H2,1H3,(H2,23,26)(H,24,27). The van der Waals surface area contributed by atoms with Gasteiger partial charge in [0.2, 0.25) is 26.0 Å². The normalized spacial score (nSPS) is 11.6. The topological polar surface area (TPSA) is 165 Å². The third-order valence-corrected chi connectivity index (χ3v) is 7.13. The molecule has 1 aromatic carbocycles. The van der Waals surface area contributed by atoms with Gasteiger partial charge < -0.3 is 34.7 Å². The molecular formula is C22H33N3O9S2. The van der Waals surface area contributed by atoms with Gasteiger partial charge in [-0.25, -0.2) is 13.4 Å². The van der Waals surface area contributed by atoms with Gasteiger partial charge in [0, 0.05) is 19.2 Å². The lowest BCUT2D eigenvalue weighted by Crippen LogP contribution is -2.28. The summed E-state index contributed by atoms with van der Waals surface area (Å²) in [4.78, 5) is 26.5. The molecule has 1 heterocycles. The van der Waals surface area contributed by atoms with Crippen molar-refractivity contribution < 1.29 is 41.7 Å². The molecule has 0 aliphatic rings. The van der Waals surface area contributed by atoms with Crippen LogP contribution in [-0.2, 0) is 38.4 Å². The molecule has 36 heavy (non-hydrogen) atoms. The van der Waals surface area contributed by atoms with E-state index in [9.17, 15) is 18.0 Å². The van der Waals surface area contributed by atoms with Gasteiger partial charge in [0.15, 0.2) is 0 Å². The molecule has 0 spiro atoms. The van der Waals surface area contributed by atoms with E-state index in [0.29, 0.717) is 75.4 Å². The Hall–Kier alpha value is -2.36. The Balaban J connectivity index is 1.42. The number of hydrogen-bond acceptors (Lipinski definition) is 11. The predicted molar refractivity (Wildman–Crippen MR) is 133 cm³/mol. The SMILES string of the molecule is CS(=O)(=O)c1nc2ccc(OCCC(=O)NCCOCCOCCOCCOCCC(N)=O)cc2s1. The lowest BCUT2D eigenvalue weighted by Gasteiger charge is -2.09. The quantitative estimate of drug-likeness (QED) is 0.223. The number of benzene rings is 1. The van der Waals surface area contributed by atoms with E-state index in [1.807, 2.05) is 0 Å². The van der Waals surface area contributed by atoms with E-state index < -0.39 is 15.7 Å². The van der Waals surface area contributed by atoms with Crippen LogP contribution in [0.25, 0.3) is 10.2 Å². The third kappa shape index (κ3) is 12.6. The van der Waals surface area contributed by atoms with Crippen molar-refractivity contribution in [3.63, 3.8) is 0 Å². The first-order valence-corrected chi connectivity index (χ1v) is 14.1. The molecular weight excluding hydrogens is 514 g/mol. The molecule has 202 valence electrons. The number of sulfone groups is 1. The molecule has 14 heteroatoms. The first-order valence-electron chi connectivity index (χ1n) is 11.3. The van der Waals surface area contributed by atoms with Crippen LogP contribution in [0.2, 0.25) is 0 Å². The number of primary amides is 1. The fraction of sp³-hybridized carbons (Fsp3) is 0.591. The number of nitrogens with one attached hydrogen (secondary N) is 1. The number of thiazole rings is 1. The summed E-state index contributed by atoms with van der Waals surface area (Å²) in [6.45, 7) is 3.69. The molecule has 3 N–H and O–H groups in total. The average Bonchev–Trinajstić information content (AvgIpc) is 3.25. The number of aromatic nitrogens is 1. The van der Waals surface area contributed by atoms with E-state index in [1.165, 1.54) is 0 Å². The Morgan fingerprint density at radius 2 is 1.53 bits per heavy atom. The van der Waals surface area contributed by atoms with E-state index in [0.717, 1.165) is 17.6 Å². The summed E-state index contributed by atoms with van der Waals surface area (Å²) in [5.41, 5.74) is 5.58. The molecule has 0 atom stereocenters. The molecule has 0 fully saturated rings. The summed E-state index contributed by atoms with van der Waals surface area (Å²) in [7, 11) is -3.36. The van der Waals surface area contributed by atoms with E-state index in [1.54, 1.807) is 18.2 Å². The zero-order valence-corrected chi connectivity index (χ0v) is 21.9. The number of carbonyl (C=O) groups excluding carboxylic acids is 2. The summed E-state index contributed by atoms with van der Waals surface area (Å²) < 4.78 is 50.9. The summed E-state index contributed by atoms with van der Waals surface area (Å²) in [6, 6.07) is 5.10. The van der Waals surface area contributed by atoms with E-state index in [2.05, 4.69) is 10.3 Å². The highest BCUT2D eigenvalue weighted by molar-refractivity contribution is 7.92. The fourth-order valence-corrected chi connectivity index (χ4v) is 4.54. The fourth-order valence-electron chi connectivity index (χ4n) is 2.68. The number of carbonyl (C=O) groups is 2. The van der Waals surface area contributed by atoms with Crippen molar-refractivity contribution in [2.75, 3.05) is 72.3 Å². The highest BCUT2D eigenvalue weighted by Crippen LogP contribution is 2.28. The molecule has 0 bridgehead atoms. The van der Waals surface area contributed by atoms with E-state index in [-0.39, 0.29) is 29.7 Å². The van der Waals surface area contributed by atoms with Gasteiger partial charge in [0.1, 0.15) is 5.75 Å². The third-order valence-electron chi connectivity index (χ3n) is 4.43. The largest absolute Gasteiger partial charge is 0.493 e. The van der Waals surface area contributed by atoms with Crippen LogP contribution in [-0.4, -0.2) is 97.5 Å². The zero-order valence-electron chi connectivity index (χ0n) is 20.2. The second-order valence-electron chi connectivity index (χ2n) is 7.50. The second-order valence-corrected chi connectivity index (χ2v) is 10.7. The van der Waals surface area contributed by atoms with E-state index >= 15 is 0 Å². The minimum Gasteiger partial charge on any atom is -0.493 e. The molecule has 0 saturated heterocycles. The van der Waals surface area contributed by atoms with Crippen molar-refractivity contribution in [2.24, 2.45) is 5.73 Å². The van der Waals surface area contributed by atoms with Gasteiger partial charge in [-0.3, -0.25) is 9.59 Å². The average molecular weight is 548 g/mol. The number of amides is 2. The summed E-state index contributed by atoms with van der Waals surface area (Å²) >= 11 is 1.08. The molecule has 12 nitrogen and oxygen atoms in total. The van der Waals surface area contributed by atoms with Crippen LogP contribution in [0.4, 0.5) is 0 Å². The molecule has 0 aliphatic heterocycles. The first-order chi connectivity index (χ1) is 17.3. The van der Waals surface area contributed by atoms with Crippen LogP contribution >= 0.6 is 11.3 Å². The van der Waals surface area contributed by atoms with Gasteiger partial charge in [-0.1, -0.05) is 0 Å². The van der Waals surface area contributed by atoms with Gasteiger partial charge in [-0.15, -0.1) is 11.3 Å². The minimum absolute atomic E-state index is 0.0638. The van der Waals surface area contributed by atoms with Crippen LogP contribution in [0.5, 0.6) is 5.75 Å². The molecule has 1 aromatic heterocycles. The molecule has 0 saturated carbocycles. The van der Waals surface area contributed by atoms with Crippen molar-refractivity contribution in [3.05, 3.63) is 18.2 Å². The summed E-state index contributed by atoms with van der Waals surface area (Å²) in [5.74, 6) is -0.0129. The molecule has 0 radical (unpaired) electrons. The molecule has 2 aromatic rings. The maximum absolute atomic E-state index is 11.9. The van der Waals surface area contributed by atoms with Crippen LogP contribution in [0.3, 0.4) is 0 Å². The molecule has 0 aliphatic carbocycles. The maximum Gasteiger partial charge on any atom is 0.223 e. The monoisotopic (exact) mass is 547 g/mol. The number of hydrogen-bond donors (Lipinski definition) is 2. The van der Waals surface area contributed by atoms with E-state index in [4.69, 9.17) is 29.4 Å². The zero-order chi connectivity index (χ0) is 26.2. The van der Waals surface area contributed by atoms with Crippen LogP contribution in [0.15, 0.2) is 22.5 Å².